The quantitative estimate of drug-likeness (QED) is 0.802. The van der Waals surface area contributed by atoms with Crippen LogP contribution < -0.4 is 21.3 Å². The number of benzene rings is 2. The van der Waals surface area contributed by atoms with Gasteiger partial charge in [0, 0.05) is 13.1 Å². The SMILES string of the molecule is NCCN1C(=O)c2ccccc2N2[N]N(c3ccc(C(F)(F)F)cc3)C(O)=C12.O. The summed E-state index contributed by atoms with van der Waals surface area (Å²) in [6, 6.07) is 10.9. The van der Waals surface area contributed by atoms with Crippen LogP contribution in [0.15, 0.2) is 60.2 Å². The molecule has 0 atom stereocenters. The average molecular weight is 408 g/mol. The first-order valence-corrected chi connectivity index (χ1v) is 8.36. The number of nitrogens with zero attached hydrogens (tertiary/aromatic N) is 4. The maximum atomic E-state index is 12.8. The molecule has 2 heterocycles. The number of fused-ring (bicyclic) bond motifs is 3. The second kappa shape index (κ2) is 7.28. The van der Waals surface area contributed by atoms with Crippen LogP contribution in [0.5, 0.6) is 0 Å². The van der Waals surface area contributed by atoms with E-state index in [2.05, 4.69) is 5.53 Å². The molecule has 8 nitrogen and oxygen atoms in total. The zero-order valence-corrected chi connectivity index (χ0v) is 14.9. The van der Waals surface area contributed by atoms with Gasteiger partial charge >= 0.3 is 6.18 Å². The second-order valence-corrected chi connectivity index (χ2v) is 6.17. The third-order valence-electron chi connectivity index (χ3n) is 4.44. The van der Waals surface area contributed by atoms with Crippen LogP contribution in [0, 0.1) is 0 Å². The number of hydrogen-bond acceptors (Lipinski definition) is 5. The molecule has 29 heavy (non-hydrogen) atoms. The van der Waals surface area contributed by atoms with E-state index in [9.17, 15) is 23.1 Å². The number of aliphatic hydroxyl groups excluding tert-OH is 1. The first kappa shape index (κ1) is 20.5. The summed E-state index contributed by atoms with van der Waals surface area (Å²) >= 11 is 0. The maximum Gasteiger partial charge on any atom is 0.416 e. The second-order valence-electron chi connectivity index (χ2n) is 6.17. The van der Waals surface area contributed by atoms with Gasteiger partial charge in [-0.1, -0.05) is 12.1 Å². The maximum absolute atomic E-state index is 12.8. The van der Waals surface area contributed by atoms with E-state index in [1.807, 2.05) is 0 Å². The number of amides is 1. The number of rotatable bonds is 3. The molecule has 2 aromatic rings. The van der Waals surface area contributed by atoms with Crippen molar-refractivity contribution in [2.45, 2.75) is 6.18 Å². The summed E-state index contributed by atoms with van der Waals surface area (Å²) in [6.07, 6.45) is -4.47. The predicted molar refractivity (Wildman–Crippen MR) is 98.3 cm³/mol. The Morgan fingerprint density at radius 3 is 2.31 bits per heavy atom. The standard InChI is InChI=1S/C18H15F3N5O2.H2O/c19-18(20,21)11-5-7-12(8-6-11)25-17(28)15-24(10-9-22)16(27)13-3-1-2-4-14(13)26(15)23-25;/h1-8,28H,9-10,22H2;1H2. The van der Waals surface area contributed by atoms with E-state index < -0.39 is 11.7 Å². The van der Waals surface area contributed by atoms with Crippen molar-refractivity contribution in [3.8, 4) is 0 Å². The highest BCUT2D eigenvalue weighted by molar-refractivity contribution is 6.04. The molecule has 2 aliphatic rings. The number of alkyl halides is 3. The normalized spacial score (nSPS) is 16.0. The fourth-order valence-electron chi connectivity index (χ4n) is 3.14. The molecule has 0 aliphatic carbocycles. The highest BCUT2D eigenvalue weighted by atomic mass is 19.4. The molecule has 0 aromatic heterocycles. The van der Waals surface area contributed by atoms with E-state index in [1.54, 1.807) is 24.3 Å². The van der Waals surface area contributed by atoms with Gasteiger partial charge in [0.15, 0.2) is 5.82 Å². The molecule has 0 spiro atoms. The number of para-hydroxylation sites is 1. The van der Waals surface area contributed by atoms with Crippen molar-refractivity contribution in [1.82, 2.24) is 10.4 Å². The Balaban J connectivity index is 0.00000240. The van der Waals surface area contributed by atoms with Crippen molar-refractivity contribution >= 4 is 17.3 Å². The van der Waals surface area contributed by atoms with Crippen LogP contribution in [0.2, 0.25) is 0 Å². The number of carbonyl (C=O) groups is 1. The number of hydrogen-bond donors (Lipinski definition) is 2. The molecule has 0 bridgehead atoms. The van der Waals surface area contributed by atoms with Crippen LogP contribution in [0.1, 0.15) is 15.9 Å². The molecule has 153 valence electrons. The Labute approximate surface area is 163 Å². The molecule has 0 saturated carbocycles. The van der Waals surface area contributed by atoms with Gasteiger partial charge in [0.25, 0.3) is 11.8 Å². The monoisotopic (exact) mass is 408 g/mol. The van der Waals surface area contributed by atoms with Gasteiger partial charge in [0.05, 0.1) is 22.5 Å². The van der Waals surface area contributed by atoms with E-state index in [4.69, 9.17) is 5.73 Å². The highest BCUT2D eigenvalue weighted by Crippen LogP contribution is 2.39. The number of nitrogens with two attached hydrogens (primary N) is 1. The Morgan fingerprint density at radius 1 is 1.03 bits per heavy atom. The summed E-state index contributed by atoms with van der Waals surface area (Å²) in [5, 5.41) is 13.2. The van der Waals surface area contributed by atoms with Crippen molar-refractivity contribution in [2.75, 3.05) is 23.1 Å². The summed E-state index contributed by atoms with van der Waals surface area (Å²) in [4.78, 5) is 14.1. The number of anilines is 2. The molecule has 0 unspecified atom stereocenters. The molecule has 2 aromatic carbocycles. The lowest BCUT2D eigenvalue weighted by molar-refractivity contribution is -0.137. The molecule has 2 aliphatic heterocycles. The molecule has 11 heteroatoms. The highest BCUT2D eigenvalue weighted by Gasteiger charge is 2.44. The Bertz CT molecular complexity index is 962. The number of aliphatic hydroxyl groups is 1. The molecule has 4 rings (SSSR count). The Hall–Kier alpha value is -3.28. The van der Waals surface area contributed by atoms with Crippen LogP contribution in [0.3, 0.4) is 0 Å². The summed E-state index contributed by atoms with van der Waals surface area (Å²) in [7, 11) is 0. The third-order valence-corrected chi connectivity index (χ3v) is 4.44. The van der Waals surface area contributed by atoms with Crippen LogP contribution in [0.25, 0.3) is 0 Å². The molecule has 1 radical (unpaired) electrons. The van der Waals surface area contributed by atoms with Gasteiger partial charge in [-0.05, 0) is 41.9 Å². The van der Waals surface area contributed by atoms with Crippen molar-refractivity contribution in [3.05, 3.63) is 71.4 Å². The van der Waals surface area contributed by atoms with Crippen LogP contribution in [0.4, 0.5) is 24.5 Å². The fourth-order valence-corrected chi connectivity index (χ4v) is 3.14. The van der Waals surface area contributed by atoms with Crippen molar-refractivity contribution in [1.29, 1.82) is 0 Å². The smallest absolute Gasteiger partial charge is 0.416 e. The summed E-state index contributed by atoms with van der Waals surface area (Å²) in [5.41, 5.74) is 10.1. The molecule has 0 saturated heterocycles. The molecule has 0 fully saturated rings. The lowest BCUT2D eigenvalue weighted by Gasteiger charge is -2.34. The van der Waals surface area contributed by atoms with Gasteiger partial charge in [-0.2, -0.15) is 13.2 Å². The first-order chi connectivity index (χ1) is 13.3. The Morgan fingerprint density at radius 2 is 1.69 bits per heavy atom. The minimum atomic E-state index is -4.47. The van der Waals surface area contributed by atoms with Crippen LogP contribution in [-0.4, -0.2) is 34.5 Å². The van der Waals surface area contributed by atoms with Crippen LogP contribution in [-0.2, 0) is 6.18 Å². The van der Waals surface area contributed by atoms with E-state index in [1.165, 1.54) is 22.0 Å². The summed E-state index contributed by atoms with van der Waals surface area (Å²) in [5.74, 6) is -0.617. The van der Waals surface area contributed by atoms with Crippen LogP contribution >= 0.6 is 0 Å². The Kier molecular flexibility index (Phi) is 5.13. The fraction of sp³-hybridized carbons (Fsp3) is 0.167. The topological polar surface area (TPSA) is 119 Å². The van der Waals surface area contributed by atoms with E-state index in [-0.39, 0.29) is 41.9 Å². The predicted octanol–water partition coefficient (Wildman–Crippen LogP) is 1.74. The van der Waals surface area contributed by atoms with Crippen molar-refractivity contribution < 1.29 is 28.5 Å². The zero-order chi connectivity index (χ0) is 20.1. The van der Waals surface area contributed by atoms with Gasteiger partial charge in [0.1, 0.15) is 0 Å². The largest absolute Gasteiger partial charge is 0.491 e. The summed E-state index contributed by atoms with van der Waals surface area (Å²) < 4.78 is 38.4. The van der Waals surface area contributed by atoms with Gasteiger partial charge in [-0.25, -0.2) is 10.0 Å². The average Bonchev–Trinajstić information content (AvgIpc) is 3.02. The number of halogens is 3. The van der Waals surface area contributed by atoms with E-state index >= 15 is 0 Å². The molecular weight excluding hydrogens is 391 g/mol. The van der Waals surface area contributed by atoms with E-state index in [0.29, 0.717) is 11.3 Å². The molecular formula is C18H17F3N5O3. The molecule has 5 N–H and O–H groups in total. The molecule has 1 amide bonds. The minimum Gasteiger partial charge on any atom is -0.491 e. The zero-order valence-electron chi connectivity index (χ0n) is 14.9. The third kappa shape index (κ3) is 3.24. The number of carbonyl (C=O) groups excluding carboxylic acids is 1. The van der Waals surface area contributed by atoms with Gasteiger partial charge in [-0.15, -0.1) is 0 Å². The lowest BCUT2D eigenvalue weighted by Crippen LogP contribution is -2.47. The minimum absolute atomic E-state index is 0. The van der Waals surface area contributed by atoms with Crippen molar-refractivity contribution in [3.63, 3.8) is 0 Å². The first-order valence-electron chi connectivity index (χ1n) is 8.36. The van der Waals surface area contributed by atoms with Gasteiger partial charge < -0.3 is 16.3 Å². The summed E-state index contributed by atoms with van der Waals surface area (Å²) in [6.45, 7) is 0.290. The van der Waals surface area contributed by atoms with Gasteiger partial charge in [0.2, 0.25) is 0 Å². The van der Waals surface area contributed by atoms with E-state index in [0.717, 1.165) is 17.1 Å². The van der Waals surface area contributed by atoms with Crippen molar-refractivity contribution in [2.24, 2.45) is 5.73 Å². The van der Waals surface area contributed by atoms with Gasteiger partial charge in [-0.3, -0.25) is 9.69 Å². The lowest BCUT2D eigenvalue weighted by atomic mass is 10.1.